The number of hydrogen-bond acceptors (Lipinski definition) is 5. The first-order chi connectivity index (χ1) is 17.0. The minimum absolute atomic E-state index is 0.0244. The van der Waals surface area contributed by atoms with Gasteiger partial charge in [-0.05, 0) is 47.5 Å². The molecule has 3 aromatic carbocycles. The number of rotatable bonds is 5. The van der Waals surface area contributed by atoms with Crippen LogP contribution in [-0.4, -0.2) is 33.0 Å². The van der Waals surface area contributed by atoms with Crippen molar-refractivity contribution in [3.8, 4) is 0 Å². The van der Waals surface area contributed by atoms with E-state index < -0.39 is 5.25 Å². The van der Waals surface area contributed by atoms with E-state index in [1.165, 1.54) is 23.9 Å². The second kappa shape index (κ2) is 10.0. The second-order valence-electron chi connectivity index (χ2n) is 8.13. The third-order valence-corrected chi connectivity index (χ3v) is 7.09. The highest BCUT2D eigenvalue weighted by Gasteiger charge is 2.39. The lowest BCUT2D eigenvalue weighted by atomic mass is 9.99. The minimum atomic E-state index is -0.651. The van der Waals surface area contributed by atoms with Gasteiger partial charge in [-0.1, -0.05) is 65.8 Å². The van der Waals surface area contributed by atoms with Gasteiger partial charge in [0.05, 0.1) is 11.8 Å². The Bertz CT molecular complexity index is 1310. The Hall–Kier alpha value is -3.49. The molecule has 2 atom stereocenters. The van der Waals surface area contributed by atoms with Gasteiger partial charge in [-0.25, -0.2) is 9.40 Å². The molecule has 2 amide bonds. The summed E-state index contributed by atoms with van der Waals surface area (Å²) in [6, 6.07) is 22.5. The van der Waals surface area contributed by atoms with Crippen LogP contribution in [0.2, 0.25) is 5.02 Å². The Kier molecular flexibility index (Phi) is 6.66. The molecule has 2 aliphatic heterocycles. The maximum absolute atomic E-state index is 13.6. The molecule has 0 saturated heterocycles. The number of thioether (sulfide) groups is 1. The van der Waals surface area contributed by atoms with Crippen molar-refractivity contribution < 1.29 is 14.0 Å². The molecular formula is C26H20ClFN4O2S. The van der Waals surface area contributed by atoms with Gasteiger partial charge in [0.15, 0.2) is 5.17 Å². The van der Waals surface area contributed by atoms with E-state index in [1.54, 1.807) is 41.4 Å². The summed E-state index contributed by atoms with van der Waals surface area (Å²) in [7, 11) is 0. The summed E-state index contributed by atoms with van der Waals surface area (Å²) in [5.41, 5.74) is 3.28. The third kappa shape index (κ3) is 5.28. The molecule has 3 aromatic rings. The molecule has 35 heavy (non-hydrogen) atoms. The fraction of sp³-hybridized carbons (Fsp3) is 0.154. The summed E-state index contributed by atoms with van der Waals surface area (Å²) in [6.45, 7) is 0. The molecule has 176 valence electrons. The fourth-order valence-corrected chi connectivity index (χ4v) is 5.14. The number of halogens is 2. The Morgan fingerprint density at radius 3 is 2.49 bits per heavy atom. The second-order valence-corrected chi connectivity index (χ2v) is 9.73. The van der Waals surface area contributed by atoms with Crippen LogP contribution >= 0.6 is 23.4 Å². The fourth-order valence-electron chi connectivity index (χ4n) is 3.95. The predicted molar refractivity (Wildman–Crippen MR) is 137 cm³/mol. The summed E-state index contributed by atoms with van der Waals surface area (Å²) in [4.78, 5) is 29.5. The van der Waals surface area contributed by atoms with Gasteiger partial charge >= 0.3 is 0 Å². The molecule has 2 heterocycles. The first kappa shape index (κ1) is 23.3. The van der Waals surface area contributed by atoms with E-state index in [0.29, 0.717) is 22.3 Å². The standard InChI is InChI=1S/C26H20ClFN4O2S/c27-18-8-12-20(13-9-18)29-24(33)15-23-25(34)30-26(35-23)32-22(17-6-10-19(28)11-7-17)14-21(31-32)16-4-2-1-3-5-16/h1-13,22-23H,14-15H2,(H,29,33). The van der Waals surface area contributed by atoms with Crippen LogP contribution in [0.4, 0.5) is 10.1 Å². The molecule has 6 nitrogen and oxygen atoms in total. The number of hydrogen-bond donors (Lipinski definition) is 1. The van der Waals surface area contributed by atoms with Crippen LogP contribution in [0, 0.1) is 5.82 Å². The predicted octanol–water partition coefficient (Wildman–Crippen LogP) is 5.66. The van der Waals surface area contributed by atoms with Crippen molar-refractivity contribution in [2.45, 2.75) is 24.1 Å². The Labute approximate surface area is 210 Å². The van der Waals surface area contributed by atoms with E-state index in [9.17, 15) is 14.0 Å². The van der Waals surface area contributed by atoms with Crippen molar-refractivity contribution in [3.63, 3.8) is 0 Å². The van der Waals surface area contributed by atoms with E-state index in [1.807, 2.05) is 30.3 Å². The van der Waals surface area contributed by atoms with Crippen LogP contribution in [0.3, 0.4) is 0 Å². The molecule has 0 bridgehead atoms. The molecule has 5 rings (SSSR count). The number of benzene rings is 3. The monoisotopic (exact) mass is 506 g/mol. The van der Waals surface area contributed by atoms with Gasteiger partial charge < -0.3 is 5.32 Å². The molecule has 0 aromatic heterocycles. The van der Waals surface area contributed by atoms with Crippen LogP contribution < -0.4 is 5.32 Å². The van der Waals surface area contributed by atoms with Crippen LogP contribution in [0.1, 0.15) is 30.0 Å². The van der Waals surface area contributed by atoms with Gasteiger partial charge in [0.2, 0.25) is 5.91 Å². The maximum atomic E-state index is 13.6. The number of nitrogens with zero attached hydrogens (tertiary/aromatic N) is 3. The zero-order chi connectivity index (χ0) is 24.4. The lowest BCUT2D eigenvalue weighted by Crippen LogP contribution is -2.25. The number of carbonyl (C=O) groups excluding carboxylic acids is 2. The number of aliphatic imine (C=N–C) groups is 1. The molecule has 2 unspecified atom stereocenters. The minimum Gasteiger partial charge on any atom is -0.326 e. The first-order valence-corrected chi connectivity index (χ1v) is 12.2. The quantitative estimate of drug-likeness (QED) is 0.484. The van der Waals surface area contributed by atoms with Crippen molar-refractivity contribution in [2.75, 3.05) is 5.32 Å². The first-order valence-electron chi connectivity index (χ1n) is 11.0. The molecule has 0 fully saturated rings. The molecular weight excluding hydrogens is 487 g/mol. The smallest absolute Gasteiger partial charge is 0.262 e. The summed E-state index contributed by atoms with van der Waals surface area (Å²) in [5, 5.41) is 9.63. The molecule has 0 spiro atoms. The summed E-state index contributed by atoms with van der Waals surface area (Å²) in [5.74, 6) is -0.992. The molecule has 0 saturated carbocycles. The summed E-state index contributed by atoms with van der Waals surface area (Å²) in [6.07, 6.45) is 0.550. The third-order valence-electron chi connectivity index (χ3n) is 5.70. The van der Waals surface area contributed by atoms with Crippen LogP contribution in [0.5, 0.6) is 0 Å². The van der Waals surface area contributed by atoms with Gasteiger partial charge in [-0.15, -0.1) is 0 Å². The number of amidine groups is 1. The highest BCUT2D eigenvalue weighted by Crippen LogP contribution is 2.38. The average Bonchev–Trinajstić information content (AvgIpc) is 3.46. The maximum Gasteiger partial charge on any atom is 0.262 e. The van der Waals surface area contributed by atoms with Gasteiger partial charge in [0, 0.05) is 23.6 Å². The highest BCUT2D eigenvalue weighted by molar-refractivity contribution is 8.15. The van der Waals surface area contributed by atoms with E-state index >= 15 is 0 Å². The summed E-state index contributed by atoms with van der Waals surface area (Å²) < 4.78 is 13.6. The highest BCUT2D eigenvalue weighted by atomic mass is 35.5. The summed E-state index contributed by atoms with van der Waals surface area (Å²) >= 11 is 7.11. The van der Waals surface area contributed by atoms with Crippen molar-refractivity contribution >= 4 is 51.7 Å². The van der Waals surface area contributed by atoms with E-state index in [-0.39, 0.29) is 30.1 Å². The van der Waals surface area contributed by atoms with Crippen molar-refractivity contribution in [2.24, 2.45) is 10.1 Å². The number of amides is 2. The van der Waals surface area contributed by atoms with Gasteiger partial charge in [-0.2, -0.15) is 10.1 Å². The largest absolute Gasteiger partial charge is 0.326 e. The zero-order valence-corrected chi connectivity index (χ0v) is 20.0. The van der Waals surface area contributed by atoms with Crippen molar-refractivity contribution in [1.82, 2.24) is 5.01 Å². The van der Waals surface area contributed by atoms with Crippen LogP contribution in [0.15, 0.2) is 89.0 Å². The SMILES string of the molecule is O=C(CC1SC(N2N=C(c3ccccc3)CC2c2ccc(F)cc2)=NC1=O)Nc1ccc(Cl)cc1. The molecule has 2 aliphatic rings. The van der Waals surface area contributed by atoms with Gasteiger partial charge in [-0.3, -0.25) is 9.59 Å². The number of nitrogens with one attached hydrogen (secondary N) is 1. The van der Waals surface area contributed by atoms with Crippen LogP contribution in [-0.2, 0) is 9.59 Å². The van der Waals surface area contributed by atoms with E-state index in [4.69, 9.17) is 16.7 Å². The van der Waals surface area contributed by atoms with Crippen molar-refractivity contribution in [1.29, 1.82) is 0 Å². The molecule has 1 N–H and O–H groups in total. The number of anilines is 1. The van der Waals surface area contributed by atoms with Crippen LogP contribution in [0.25, 0.3) is 0 Å². The van der Waals surface area contributed by atoms with Gasteiger partial charge in [0.1, 0.15) is 11.1 Å². The topological polar surface area (TPSA) is 74.1 Å². The average molecular weight is 507 g/mol. The van der Waals surface area contributed by atoms with Crippen molar-refractivity contribution in [3.05, 3.63) is 101 Å². The Balaban J connectivity index is 1.34. The molecule has 0 radical (unpaired) electrons. The number of hydrazone groups is 1. The normalized spacial score (nSPS) is 19.5. The number of carbonyl (C=O) groups is 2. The molecule has 9 heteroatoms. The van der Waals surface area contributed by atoms with E-state index in [2.05, 4.69) is 10.3 Å². The zero-order valence-electron chi connectivity index (χ0n) is 18.4. The lowest BCUT2D eigenvalue weighted by Gasteiger charge is -2.23. The Morgan fingerprint density at radius 2 is 1.77 bits per heavy atom. The Morgan fingerprint density at radius 1 is 1.06 bits per heavy atom. The van der Waals surface area contributed by atoms with Gasteiger partial charge in [0.25, 0.3) is 5.91 Å². The van der Waals surface area contributed by atoms with E-state index in [0.717, 1.165) is 16.8 Å². The lowest BCUT2D eigenvalue weighted by molar-refractivity contribution is -0.121. The molecule has 0 aliphatic carbocycles.